The van der Waals surface area contributed by atoms with Gasteiger partial charge < -0.3 is 0 Å². The van der Waals surface area contributed by atoms with E-state index in [2.05, 4.69) is 20.7 Å². The predicted octanol–water partition coefficient (Wildman–Crippen LogP) is 1.48. The number of hydrogen-bond acceptors (Lipinski definition) is 3. The van der Waals surface area contributed by atoms with Crippen LogP contribution in [0.15, 0.2) is 41.5 Å². The summed E-state index contributed by atoms with van der Waals surface area (Å²) in [6, 6.07) is 11.2. The Kier molecular flexibility index (Phi) is 3.30. The number of amides is 1. The molecule has 0 saturated carbocycles. The van der Waals surface area contributed by atoms with Crippen LogP contribution in [0.4, 0.5) is 0 Å². The van der Waals surface area contributed by atoms with E-state index in [1.54, 1.807) is 12.3 Å². The minimum atomic E-state index is -0.332. The molecule has 1 aromatic carbocycles. The first-order valence-electron chi connectivity index (χ1n) is 5.16. The van der Waals surface area contributed by atoms with Gasteiger partial charge in [0, 0.05) is 5.69 Å². The first-order chi connectivity index (χ1) is 8.25. The zero-order valence-corrected chi connectivity index (χ0v) is 9.34. The first kappa shape index (κ1) is 11.1. The fourth-order valence-electron chi connectivity index (χ4n) is 1.30. The number of H-pyrrole nitrogens is 1. The maximum atomic E-state index is 11.5. The standard InChI is InChI=1S/C12H12N4O/c1-9-7-11(15-14-9)12(17)16-13-8-10-5-3-2-4-6-10/h2-8H,1H3,(H,14,15)(H,16,17). The highest BCUT2D eigenvalue weighted by Gasteiger charge is 2.06. The summed E-state index contributed by atoms with van der Waals surface area (Å²) >= 11 is 0. The van der Waals surface area contributed by atoms with E-state index in [4.69, 9.17) is 0 Å². The van der Waals surface area contributed by atoms with Gasteiger partial charge in [0.15, 0.2) is 5.69 Å². The molecule has 0 aliphatic heterocycles. The second-order valence-electron chi connectivity index (χ2n) is 3.55. The molecule has 0 saturated heterocycles. The van der Waals surface area contributed by atoms with Crippen molar-refractivity contribution in [3.63, 3.8) is 0 Å². The second-order valence-corrected chi connectivity index (χ2v) is 3.55. The molecule has 17 heavy (non-hydrogen) atoms. The minimum Gasteiger partial charge on any atom is -0.282 e. The Labute approximate surface area is 98.6 Å². The Morgan fingerprint density at radius 1 is 1.41 bits per heavy atom. The van der Waals surface area contributed by atoms with Crippen LogP contribution in [0.2, 0.25) is 0 Å². The van der Waals surface area contributed by atoms with Gasteiger partial charge in [-0.25, -0.2) is 5.43 Å². The molecule has 0 unspecified atom stereocenters. The average molecular weight is 228 g/mol. The smallest absolute Gasteiger partial charge is 0.282 e. The highest BCUT2D eigenvalue weighted by atomic mass is 16.2. The minimum absolute atomic E-state index is 0.327. The SMILES string of the molecule is Cc1cc(C(=O)NN=Cc2ccccc2)n[nH]1. The number of nitrogens with one attached hydrogen (secondary N) is 2. The van der Waals surface area contributed by atoms with Gasteiger partial charge >= 0.3 is 0 Å². The van der Waals surface area contributed by atoms with Crippen molar-refractivity contribution in [3.8, 4) is 0 Å². The Bertz CT molecular complexity index is 530. The van der Waals surface area contributed by atoms with Gasteiger partial charge in [0.2, 0.25) is 0 Å². The third-order valence-corrected chi connectivity index (χ3v) is 2.12. The molecule has 2 N–H and O–H groups in total. The van der Waals surface area contributed by atoms with E-state index in [1.807, 2.05) is 37.3 Å². The molecule has 2 rings (SSSR count). The normalized spacial score (nSPS) is 10.6. The summed E-state index contributed by atoms with van der Waals surface area (Å²) in [5.41, 5.74) is 4.49. The molecule has 1 amide bonds. The van der Waals surface area contributed by atoms with Gasteiger partial charge in [-0.2, -0.15) is 10.2 Å². The molecule has 0 aliphatic carbocycles. The molecule has 1 aromatic heterocycles. The monoisotopic (exact) mass is 228 g/mol. The zero-order chi connectivity index (χ0) is 12.1. The third kappa shape index (κ3) is 3.01. The number of aryl methyl sites for hydroxylation is 1. The van der Waals surface area contributed by atoms with Crippen molar-refractivity contribution in [1.29, 1.82) is 0 Å². The Balaban J connectivity index is 1.95. The Hall–Kier alpha value is -2.43. The van der Waals surface area contributed by atoms with Crippen molar-refractivity contribution >= 4 is 12.1 Å². The first-order valence-corrected chi connectivity index (χ1v) is 5.16. The van der Waals surface area contributed by atoms with Crippen LogP contribution in [-0.2, 0) is 0 Å². The summed E-state index contributed by atoms with van der Waals surface area (Å²) in [6.45, 7) is 1.83. The number of carbonyl (C=O) groups is 1. The molecule has 0 bridgehead atoms. The molecule has 0 atom stereocenters. The molecule has 86 valence electrons. The van der Waals surface area contributed by atoms with Gasteiger partial charge in [-0.05, 0) is 18.6 Å². The van der Waals surface area contributed by atoms with Crippen LogP contribution < -0.4 is 5.43 Å². The predicted molar refractivity (Wildman–Crippen MR) is 64.8 cm³/mol. The lowest BCUT2D eigenvalue weighted by atomic mass is 10.2. The largest absolute Gasteiger partial charge is 0.291 e. The van der Waals surface area contributed by atoms with Gasteiger partial charge in [-0.3, -0.25) is 9.89 Å². The number of hydrazone groups is 1. The summed E-state index contributed by atoms with van der Waals surface area (Å²) in [4.78, 5) is 11.5. The van der Waals surface area contributed by atoms with Gasteiger partial charge in [0.05, 0.1) is 6.21 Å². The van der Waals surface area contributed by atoms with E-state index in [0.717, 1.165) is 11.3 Å². The Morgan fingerprint density at radius 3 is 2.82 bits per heavy atom. The van der Waals surface area contributed by atoms with Crippen LogP contribution in [-0.4, -0.2) is 22.3 Å². The molecule has 1 heterocycles. The highest BCUT2D eigenvalue weighted by molar-refractivity contribution is 5.93. The third-order valence-electron chi connectivity index (χ3n) is 2.12. The second kappa shape index (κ2) is 5.07. The highest BCUT2D eigenvalue weighted by Crippen LogP contribution is 1.97. The topological polar surface area (TPSA) is 70.1 Å². The van der Waals surface area contributed by atoms with Crippen molar-refractivity contribution in [2.75, 3.05) is 0 Å². The van der Waals surface area contributed by atoms with Crippen molar-refractivity contribution in [2.24, 2.45) is 5.10 Å². The van der Waals surface area contributed by atoms with Crippen LogP contribution in [0.3, 0.4) is 0 Å². The summed E-state index contributed by atoms with van der Waals surface area (Å²) in [5.74, 6) is -0.332. The molecule has 2 aromatic rings. The lowest BCUT2D eigenvalue weighted by molar-refractivity contribution is 0.0950. The van der Waals surface area contributed by atoms with E-state index in [0.29, 0.717) is 5.69 Å². The van der Waals surface area contributed by atoms with Crippen molar-refractivity contribution in [3.05, 3.63) is 53.3 Å². The van der Waals surface area contributed by atoms with Gasteiger partial charge in [0.25, 0.3) is 5.91 Å². The van der Waals surface area contributed by atoms with Crippen LogP contribution in [0.25, 0.3) is 0 Å². The number of aromatic nitrogens is 2. The summed E-state index contributed by atoms with van der Waals surface area (Å²) < 4.78 is 0. The molecule has 0 radical (unpaired) electrons. The van der Waals surface area contributed by atoms with E-state index in [1.165, 1.54) is 0 Å². The van der Waals surface area contributed by atoms with E-state index in [9.17, 15) is 4.79 Å². The van der Waals surface area contributed by atoms with E-state index < -0.39 is 0 Å². The fraction of sp³-hybridized carbons (Fsp3) is 0.0833. The summed E-state index contributed by atoms with van der Waals surface area (Å²) in [5, 5.41) is 10.4. The van der Waals surface area contributed by atoms with Crippen molar-refractivity contribution in [1.82, 2.24) is 15.6 Å². The average Bonchev–Trinajstić information content (AvgIpc) is 2.77. The van der Waals surface area contributed by atoms with Crippen LogP contribution in [0, 0.1) is 6.92 Å². The number of carbonyl (C=O) groups excluding carboxylic acids is 1. The van der Waals surface area contributed by atoms with Crippen LogP contribution >= 0.6 is 0 Å². The fourth-order valence-corrected chi connectivity index (χ4v) is 1.30. The number of rotatable bonds is 3. The lowest BCUT2D eigenvalue weighted by Gasteiger charge is -1.94. The van der Waals surface area contributed by atoms with Crippen LogP contribution in [0.1, 0.15) is 21.7 Å². The molecule has 0 aliphatic rings. The lowest BCUT2D eigenvalue weighted by Crippen LogP contribution is -2.17. The molecular weight excluding hydrogens is 216 g/mol. The van der Waals surface area contributed by atoms with Gasteiger partial charge in [-0.1, -0.05) is 30.3 Å². The van der Waals surface area contributed by atoms with E-state index >= 15 is 0 Å². The summed E-state index contributed by atoms with van der Waals surface area (Å²) in [6.07, 6.45) is 1.58. The molecular formula is C12H12N4O. The van der Waals surface area contributed by atoms with Gasteiger partial charge in [0.1, 0.15) is 0 Å². The zero-order valence-electron chi connectivity index (χ0n) is 9.34. The molecule has 0 spiro atoms. The molecule has 5 nitrogen and oxygen atoms in total. The van der Waals surface area contributed by atoms with Crippen LogP contribution in [0.5, 0.6) is 0 Å². The van der Waals surface area contributed by atoms with E-state index in [-0.39, 0.29) is 5.91 Å². The maximum Gasteiger partial charge on any atom is 0.291 e. The quantitative estimate of drug-likeness (QED) is 0.617. The summed E-state index contributed by atoms with van der Waals surface area (Å²) in [7, 11) is 0. The Morgan fingerprint density at radius 2 is 2.18 bits per heavy atom. The number of benzene rings is 1. The maximum absolute atomic E-state index is 11.5. The van der Waals surface area contributed by atoms with Crippen molar-refractivity contribution < 1.29 is 4.79 Å². The van der Waals surface area contributed by atoms with Crippen molar-refractivity contribution in [2.45, 2.75) is 6.92 Å². The number of aromatic amines is 1. The molecule has 0 fully saturated rings. The number of nitrogens with zero attached hydrogens (tertiary/aromatic N) is 2. The van der Waals surface area contributed by atoms with Gasteiger partial charge in [-0.15, -0.1) is 0 Å². The molecule has 5 heteroatoms. The number of hydrogen-bond donors (Lipinski definition) is 2.